The molecule has 0 saturated heterocycles. The first-order valence-electron chi connectivity index (χ1n) is 8.20. The van der Waals surface area contributed by atoms with Crippen LogP contribution in [-0.2, 0) is 0 Å². The van der Waals surface area contributed by atoms with Crippen LogP contribution in [0.3, 0.4) is 0 Å². The van der Waals surface area contributed by atoms with Crippen molar-refractivity contribution in [2.45, 2.75) is 19.3 Å². The van der Waals surface area contributed by atoms with Gasteiger partial charge in [0.1, 0.15) is 11.4 Å². The van der Waals surface area contributed by atoms with Crippen molar-refractivity contribution in [2.24, 2.45) is 17.8 Å². The summed E-state index contributed by atoms with van der Waals surface area (Å²) in [6.45, 7) is 2.47. The number of anilines is 2. The van der Waals surface area contributed by atoms with E-state index in [1.165, 1.54) is 12.8 Å². The zero-order valence-corrected chi connectivity index (χ0v) is 13.4. The fourth-order valence-corrected chi connectivity index (χ4v) is 3.70. The summed E-state index contributed by atoms with van der Waals surface area (Å²) in [6, 6.07) is 0. The molecule has 5 heteroatoms. The summed E-state index contributed by atoms with van der Waals surface area (Å²) in [6.07, 6.45) is 8.03. The summed E-state index contributed by atoms with van der Waals surface area (Å²) in [7, 11) is 4.04. The highest BCUT2D eigenvalue weighted by atomic mass is 16.2. The highest BCUT2D eigenvalue weighted by molar-refractivity contribution is 5.73. The smallest absolute Gasteiger partial charge is 0.253 e. The van der Waals surface area contributed by atoms with Gasteiger partial charge in [-0.1, -0.05) is 12.2 Å². The van der Waals surface area contributed by atoms with Crippen molar-refractivity contribution in [3.63, 3.8) is 0 Å². The summed E-state index contributed by atoms with van der Waals surface area (Å²) in [4.78, 5) is 25.5. The maximum absolute atomic E-state index is 11.7. The van der Waals surface area contributed by atoms with Gasteiger partial charge < -0.3 is 15.5 Å². The zero-order valence-electron chi connectivity index (χ0n) is 13.4. The lowest BCUT2D eigenvalue weighted by Gasteiger charge is -2.21. The van der Waals surface area contributed by atoms with Gasteiger partial charge in [0.25, 0.3) is 10.9 Å². The molecule has 2 N–H and O–H groups in total. The lowest BCUT2D eigenvalue weighted by Crippen LogP contribution is -2.38. The molecule has 1 fully saturated rings. The SMILES string of the molecule is CN(C)CCCNc1c(NCC2CC3C=CC2C3)c(=O)c1=O. The Hall–Kier alpha value is -1.62. The van der Waals surface area contributed by atoms with Crippen molar-refractivity contribution in [3.8, 4) is 0 Å². The number of allylic oxidation sites excluding steroid dienone is 2. The third-order valence-electron chi connectivity index (χ3n) is 4.95. The minimum Gasteiger partial charge on any atom is -0.380 e. The van der Waals surface area contributed by atoms with Crippen LogP contribution in [0.5, 0.6) is 0 Å². The van der Waals surface area contributed by atoms with Crippen LogP contribution in [0.25, 0.3) is 0 Å². The van der Waals surface area contributed by atoms with Crippen LogP contribution < -0.4 is 21.5 Å². The second-order valence-corrected chi connectivity index (χ2v) is 6.91. The van der Waals surface area contributed by atoms with Crippen LogP contribution in [0.2, 0.25) is 0 Å². The van der Waals surface area contributed by atoms with E-state index in [0.717, 1.165) is 25.4 Å². The average Bonchev–Trinajstić information content (AvgIpc) is 3.11. The fourth-order valence-electron chi connectivity index (χ4n) is 3.70. The Kier molecular flexibility index (Phi) is 4.34. The number of hydrogen-bond acceptors (Lipinski definition) is 5. The molecule has 2 aliphatic carbocycles. The van der Waals surface area contributed by atoms with Gasteiger partial charge in [-0.15, -0.1) is 0 Å². The third-order valence-corrected chi connectivity index (χ3v) is 4.95. The van der Waals surface area contributed by atoms with Gasteiger partial charge in [-0.05, 0) is 57.7 Å². The lowest BCUT2D eigenvalue weighted by molar-refractivity contribution is 0.405. The van der Waals surface area contributed by atoms with Gasteiger partial charge in [0.15, 0.2) is 0 Å². The molecule has 1 aromatic rings. The van der Waals surface area contributed by atoms with Gasteiger partial charge in [0.2, 0.25) is 0 Å². The van der Waals surface area contributed by atoms with Crippen molar-refractivity contribution in [1.82, 2.24) is 4.90 Å². The largest absolute Gasteiger partial charge is 0.380 e. The van der Waals surface area contributed by atoms with Gasteiger partial charge in [-0.3, -0.25) is 9.59 Å². The summed E-state index contributed by atoms with van der Waals surface area (Å²) in [5, 5.41) is 6.35. The highest BCUT2D eigenvalue weighted by Crippen LogP contribution is 2.43. The molecular weight excluding hydrogens is 278 g/mol. The van der Waals surface area contributed by atoms with Crippen molar-refractivity contribution in [1.29, 1.82) is 0 Å². The van der Waals surface area contributed by atoms with Crippen LogP contribution >= 0.6 is 0 Å². The van der Waals surface area contributed by atoms with Crippen molar-refractivity contribution >= 4 is 11.4 Å². The zero-order chi connectivity index (χ0) is 15.7. The monoisotopic (exact) mass is 303 g/mol. The number of fused-ring (bicyclic) bond motifs is 2. The Morgan fingerprint density at radius 1 is 1.09 bits per heavy atom. The minimum atomic E-state index is -0.375. The number of nitrogens with one attached hydrogen (secondary N) is 2. The molecule has 120 valence electrons. The molecule has 1 aromatic carbocycles. The van der Waals surface area contributed by atoms with E-state index < -0.39 is 0 Å². The fraction of sp³-hybridized carbons (Fsp3) is 0.647. The first-order chi connectivity index (χ1) is 10.6. The summed E-state index contributed by atoms with van der Waals surface area (Å²) >= 11 is 0. The van der Waals surface area contributed by atoms with Crippen LogP contribution in [0, 0.1) is 17.8 Å². The summed E-state index contributed by atoms with van der Waals surface area (Å²) < 4.78 is 0. The third kappa shape index (κ3) is 2.95. The standard InChI is InChI=1S/C17H25N3O2/c1-20(2)7-3-6-18-14-15(17(22)16(14)21)19-10-13-9-11-4-5-12(13)8-11/h4-5,11-13,18-19H,3,6-10H2,1-2H3. The Morgan fingerprint density at radius 3 is 2.41 bits per heavy atom. The predicted molar refractivity (Wildman–Crippen MR) is 90.3 cm³/mol. The van der Waals surface area contributed by atoms with Gasteiger partial charge >= 0.3 is 0 Å². The van der Waals surface area contributed by atoms with E-state index in [-0.39, 0.29) is 10.9 Å². The van der Waals surface area contributed by atoms with Gasteiger partial charge in [0, 0.05) is 13.1 Å². The molecule has 22 heavy (non-hydrogen) atoms. The molecular formula is C17H25N3O2. The molecule has 3 rings (SSSR count). The van der Waals surface area contributed by atoms with Gasteiger partial charge in [-0.2, -0.15) is 0 Å². The Morgan fingerprint density at radius 2 is 1.82 bits per heavy atom. The normalized spacial score (nSPS) is 26.2. The number of rotatable bonds is 8. The van der Waals surface area contributed by atoms with E-state index in [9.17, 15) is 9.59 Å². The number of nitrogens with zero attached hydrogens (tertiary/aromatic N) is 1. The van der Waals surface area contributed by atoms with E-state index in [4.69, 9.17) is 0 Å². The Bertz CT molecular complexity index is 628. The van der Waals surface area contributed by atoms with Crippen molar-refractivity contribution in [2.75, 3.05) is 44.4 Å². The predicted octanol–water partition coefficient (Wildman–Crippen LogP) is 1.27. The lowest BCUT2D eigenvalue weighted by atomic mass is 9.93. The van der Waals surface area contributed by atoms with Crippen LogP contribution in [0.4, 0.5) is 11.4 Å². The van der Waals surface area contributed by atoms with E-state index in [1.54, 1.807) is 0 Å². The molecule has 0 aliphatic heterocycles. The summed E-state index contributed by atoms with van der Waals surface area (Å²) in [5.74, 6) is 1.98. The average molecular weight is 303 g/mol. The quantitative estimate of drug-likeness (QED) is 0.430. The molecule has 2 aliphatic rings. The maximum Gasteiger partial charge on any atom is 0.253 e. The second-order valence-electron chi connectivity index (χ2n) is 6.91. The van der Waals surface area contributed by atoms with Crippen LogP contribution in [0.15, 0.2) is 21.7 Å². The van der Waals surface area contributed by atoms with Gasteiger partial charge in [0.05, 0.1) is 0 Å². The molecule has 0 spiro atoms. The van der Waals surface area contributed by atoms with Crippen LogP contribution in [-0.4, -0.2) is 38.6 Å². The van der Waals surface area contributed by atoms with Crippen molar-refractivity contribution < 1.29 is 0 Å². The molecule has 2 bridgehead atoms. The first kappa shape index (κ1) is 15.3. The van der Waals surface area contributed by atoms with Crippen LogP contribution in [0.1, 0.15) is 19.3 Å². The Labute approximate surface area is 131 Å². The van der Waals surface area contributed by atoms with Gasteiger partial charge in [-0.25, -0.2) is 0 Å². The van der Waals surface area contributed by atoms with E-state index in [2.05, 4.69) is 27.7 Å². The minimum absolute atomic E-state index is 0.367. The topological polar surface area (TPSA) is 61.4 Å². The molecule has 3 unspecified atom stereocenters. The molecule has 0 radical (unpaired) electrons. The molecule has 3 atom stereocenters. The highest BCUT2D eigenvalue weighted by Gasteiger charge is 2.35. The van der Waals surface area contributed by atoms with E-state index in [0.29, 0.717) is 29.8 Å². The van der Waals surface area contributed by atoms with E-state index in [1.807, 2.05) is 14.1 Å². The second kappa shape index (κ2) is 6.24. The molecule has 0 aromatic heterocycles. The first-order valence-corrected chi connectivity index (χ1v) is 8.20. The molecule has 0 amide bonds. The Balaban J connectivity index is 1.51. The molecule has 0 heterocycles. The van der Waals surface area contributed by atoms with Crippen molar-refractivity contribution in [3.05, 3.63) is 32.6 Å². The molecule has 1 saturated carbocycles. The van der Waals surface area contributed by atoms with E-state index >= 15 is 0 Å². The summed E-state index contributed by atoms with van der Waals surface area (Å²) in [5.41, 5.74) is 0.248. The molecule has 5 nitrogen and oxygen atoms in total. The maximum atomic E-state index is 11.7. The number of hydrogen-bond donors (Lipinski definition) is 2.